The first kappa shape index (κ1) is 17.7. The molecule has 29 heavy (non-hydrogen) atoms. The molecule has 2 aliphatic carbocycles. The molecule has 0 saturated heterocycles. The average molecular weight is 390 g/mol. The van der Waals surface area contributed by atoms with Crippen LogP contribution in [0.5, 0.6) is 0 Å². The highest BCUT2D eigenvalue weighted by molar-refractivity contribution is 5.96. The van der Waals surface area contributed by atoms with Crippen LogP contribution in [0.15, 0.2) is 24.5 Å². The lowest BCUT2D eigenvalue weighted by atomic mass is 9.88. The third-order valence-electron chi connectivity index (χ3n) is 5.80. The zero-order valence-electron chi connectivity index (χ0n) is 16.1. The van der Waals surface area contributed by atoms with Gasteiger partial charge in [-0.3, -0.25) is 9.78 Å². The van der Waals surface area contributed by atoms with E-state index in [1.807, 2.05) is 13.8 Å². The summed E-state index contributed by atoms with van der Waals surface area (Å²) in [4.78, 5) is 21.8. The van der Waals surface area contributed by atoms with Crippen LogP contribution in [0, 0.1) is 17.3 Å². The largest absolute Gasteiger partial charge is 0.324 e. The molecule has 146 valence electrons. The molecule has 3 aromatic rings. The number of hydrogen-bond donors (Lipinski definition) is 1. The molecule has 8 heteroatoms. The molecule has 7 nitrogen and oxygen atoms in total. The van der Waals surface area contributed by atoms with E-state index in [2.05, 4.69) is 26.5 Å². The van der Waals surface area contributed by atoms with Crippen molar-refractivity contribution in [3.8, 4) is 6.07 Å². The lowest BCUT2D eigenvalue weighted by Gasteiger charge is -2.19. The van der Waals surface area contributed by atoms with E-state index in [1.54, 1.807) is 18.5 Å². The predicted octanol–water partition coefficient (Wildman–Crippen LogP) is 3.42. The summed E-state index contributed by atoms with van der Waals surface area (Å²) in [7, 11) is 0. The Hall–Kier alpha value is -3.34. The first-order chi connectivity index (χ1) is 13.9. The molecule has 0 unspecified atom stereocenters. The molecule has 3 aromatic heterocycles. The highest BCUT2D eigenvalue weighted by Gasteiger charge is 2.43. The lowest BCUT2D eigenvalue weighted by Crippen LogP contribution is -2.22. The molecule has 5 rings (SSSR count). The zero-order valence-corrected chi connectivity index (χ0v) is 16.1. The molecule has 1 saturated carbocycles. The summed E-state index contributed by atoms with van der Waals surface area (Å²) in [6, 6.07) is 5.14. The minimum Gasteiger partial charge on any atom is -0.324 e. The van der Waals surface area contributed by atoms with Crippen LogP contribution in [0.3, 0.4) is 0 Å². The Morgan fingerprint density at radius 2 is 2.10 bits per heavy atom. The molecule has 0 spiro atoms. The minimum absolute atomic E-state index is 0.199. The first-order valence-corrected chi connectivity index (χ1v) is 9.63. The Bertz CT molecular complexity index is 1200. The van der Waals surface area contributed by atoms with Crippen LogP contribution < -0.4 is 5.32 Å². The fourth-order valence-corrected chi connectivity index (χ4v) is 4.35. The summed E-state index contributed by atoms with van der Waals surface area (Å²) >= 11 is 0. The number of nitrogens with one attached hydrogen (secondary N) is 1. The summed E-state index contributed by atoms with van der Waals surface area (Å²) < 4.78 is 15.2. The minimum atomic E-state index is -0.597. The number of hydrogen-bond acceptors (Lipinski definition) is 5. The van der Waals surface area contributed by atoms with Crippen molar-refractivity contribution in [1.29, 1.82) is 5.26 Å². The van der Waals surface area contributed by atoms with Gasteiger partial charge < -0.3 is 5.32 Å². The van der Waals surface area contributed by atoms with Crippen molar-refractivity contribution < 1.29 is 9.18 Å². The number of rotatable bonds is 3. The summed E-state index contributed by atoms with van der Waals surface area (Å²) in [5, 5.41) is 16.2. The summed E-state index contributed by atoms with van der Waals surface area (Å²) in [6.07, 6.45) is 5.90. The number of nitrogens with zero attached hydrogens (tertiary/aromatic N) is 5. The third kappa shape index (κ3) is 2.85. The van der Waals surface area contributed by atoms with E-state index in [4.69, 9.17) is 0 Å². The molecule has 1 N–H and O–H groups in total. The molecule has 2 aliphatic rings. The van der Waals surface area contributed by atoms with E-state index >= 15 is 0 Å². The Morgan fingerprint density at radius 1 is 1.31 bits per heavy atom. The van der Waals surface area contributed by atoms with Crippen LogP contribution in [0.4, 0.5) is 10.1 Å². The molecular formula is C21H19FN6O. The number of aromatic nitrogens is 4. The smallest absolute Gasteiger partial charge is 0.235 e. The SMILES string of the molecule is CC1(C)C[C@@H](C(=O)Nc2cnc(C3CC3)c(C#N)c2)c2cnc3cc(F)nn3c21. The van der Waals surface area contributed by atoms with Crippen molar-refractivity contribution in [3.05, 3.63) is 53.0 Å². The van der Waals surface area contributed by atoms with Gasteiger partial charge in [0.15, 0.2) is 5.65 Å². The number of carbonyl (C=O) groups is 1. The van der Waals surface area contributed by atoms with E-state index < -0.39 is 11.9 Å². The maximum Gasteiger partial charge on any atom is 0.235 e. The molecule has 0 aliphatic heterocycles. The Labute approximate surface area is 166 Å². The molecule has 0 radical (unpaired) electrons. The van der Waals surface area contributed by atoms with E-state index in [9.17, 15) is 14.4 Å². The maximum atomic E-state index is 13.7. The highest BCUT2D eigenvalue weighted by atomic mass is 19.1. The number of amides is 1. The maximum absolute atomic E-state index is 13.7. The number of anilines is 1. The van der Waals surface area contributed by atoms with Crippen LogP contribution >= 0.6 is 0 Å². The first-order valence-electron chi connectivity index (χ1n) is 9.63. The standard InChI is InChI=1S/C21H19FN6O/c1-21(2)7-14(15-10-24-17-6-16(22)27-28(17)19(15)21)20(29)26-13-5-12(8-23)18(25-9-13)11-3-4-11/h5-6,9-11,14H,3-4,7H2,1-2H3,(H,26,29)/t14-/m1/s1. The van der Waals surface area contributed by atoms with E-state index in [-0.39, 0.29) is 11.3 Å². The number of pyridine rings is 1. The molecule has 1 fully saturated rings. The molecule has 3 heterocycles. The fraction of sp³-hybridized carbons (Fsp3) is 0.381. The lowest BCUT2D eigenvalue weighted by molar-refractivity contribution is -0.117. The molecular weight excluding hydrogens is 371 g/mol. The number of nitriles is 1. The van der Waals surface area contributed by atoms with Gasteiger partial charge in [-0.15, -0.1) is 5.10 Å². The fourth-order valence-electron chi connectivity index (χ4n) is 4.35. The molecule has 0 bridgehead atoms. The van der Waals surface area contributed by atoms with Crippen molar-refractivity contribution >= 4 is 17.2 Å². The molecule has 1 atom stereocenters. The van der Waals surface area contributed by atoms with Crippen molar-refractivity contribution in [3.63, 3.8) is 0 Å². The van der Waals surface area contributed by atoms with Gasteiger partial charge in [-0.2, -0.15) is 9.65 Å². The quantitative estimate of drug-likeness (QED) is 0.739. The van der Waals surface area contributed by atoms with Gasteiger partial charge in [-0.05, 0) is 25.3 Å². The van der Waals surface area contributed by atoms with Gasteiger partial charge in [0.05, 0.1) is 34.8 Å². The third-order valence-corrected chi connectivity index (χ3v) is 5.80. The van der Waals surface area contributed by atoms with Crippen molar-refractivity contribution in [2.75, 3.05) is 5.32 Å². The Kier molecular flexibility index (Phi) is 3.72. The van der Waals surface area contributed by atoms with Crippen LogP contribution in [0.1, 0.15) is 67.5 Å². The average Bonchev–Trinajstić information content (AvgIpc) is 3.39. The second-order valence-electron chi connectivity index (χ2n) is 8.47. The number of fused-ring (bicyclic) bond motifs is 3. The van der Waals surface area contributed by atoms with Crippen molar-refractivity contribution in [2.24, 2.45) is 0 Å². The van der Waals surface area contributed by atoms with Gasteiger partial charge in [0.25, 0.3) is 0 Å². The van der Waals surface area contributed by atoms with Gasteiger partial charge in [0.1, 0.15) is 6.07 Å². The van der Waals surface area contributed by atoms with Gasteiger partial charge in [0.2, 0.25) is 11.9 Å². The van der Waals surface area contributed by atoms with Crippen molar-refractivity contribution in [2.45, 2.75) is 50.4 Å². The number of halogens is 1. The Morgan fingerprint density at radius 3 is 2.83 bits per heavy atom. The summed E-state index contributed by atoms with van der Waals surface area (Å²) in [6.45, 7) is 4.02. The van der Waals surface area contributed by atoms with Crippen molar-refractivity contribution in [1.82, 2.24) is 19.6 Å². The van der Waals surface area contributed by atoms with Gasteiger partial charge in [-0.25, -0.2) is 9.50 Å². The van der Waals surface area contributed by atoms with E-state index in [0.717, 1.165) is 29.8 Å². The monoisotopic (exact) mass is 390 g/mol. The second-order valence-corrected chi connectivity index (χ2v) is 8.47. The topological polar surface area (TPSA) is 96.0 Å². The van der Waals surface area contributed by atoms with Crippen LogP contribution in [-0.2, 0) is 10.2 Å². The predicted molar refractivity (Wildman–Crippen MR) is 103 cm³/mol. The van der Waals surface area contributed by atoms with Gasteiger partial charge in [0, 0.05) is 29.2 Å². The van der Waals surface area contributed by atoms with E-state index in [1.165, 1.54) is 10.6 Å². The molecule has 1 amide bonds. The summed E-state index contributed by atoms with van der Waals surface area (Å²) in [5.74, 6) is -0.881. The van der Waals surface area contributed by atoms with Crippen LogP contribution in [-0.4, -0.2) is 25.5 Å². The van der Waals surface area contributed by atoms with Crippen LogP contribution in [0.25, 0.3) is 5.65 Å². The van der Waals surface area contributed by atoms with Gasteiger partial charge in [-0.1, -0.05) is 13.8 Å². The summed E-state index contributed by atoms with van der Waals surface area (Å²) in [5.41, 5.74) is 3.41. The van der Waals surface area contributed by atoms with Gasteiger partial charge >= 0.3 is 0 Å². The van der Waals surface area contributed by atoms with Crippen LogP contribution in [0.2, 0.25) is 0 Å². The Balaban J connectivity index is 1.47. The highest BCUT2D eigenvalue weighted by Crippen LogP contribution is 2.46. The normalized spacial score (nSPS) is 19.7. The second kappa shape index (κ2) is 6.08. The molecule has 0 aromatic carbocycles. The zero-order chi connectivity index (χ0) is 20.3. The van der Waals surface area contributed by atoms with E-state index in [0.29, 0.717) is 29.2 Å². The number of carbonyl (C=O) groups excluding carboxylic acids is 1.